The van der Waals surface area contributed by atoms with Crippen molar-refractivity contribution in [1.82, 2.24) is 4.98 Å². The van der Waals surface area contributed by atoms with Gasteiger partial charge in [0.25, 0.3) is 0 Å². The Balaban J connectivity index is 1.71. The molecule has 0 saturated carbocycles. The van der Waals surface area contributed by atoms with E-state index in [2.05, 4.69) is 10.3 Å². The molecule has 0 fully saturated rings. The van der Waals surface area contributed by atoms with Crippen molar-refractivity contribution in [3.05, 3.63) is 59.2 Å². The zero-order valence-electron chi connectivity index (χ0n) is 18.8. The van der Waals surface area contributed by atoms with E-state index in [-0.39, 0.29) is 12.5 Å². The lowest BCUT2D eigenvalue weighted by Gasteiger charge is -2.08. The topological polar surface area (TPSA) is 86.8 Å². The van der Waals surface area contributed by atoms with E-state index >= 15 is 0 Å². The molecule has 2 heterocycles. The average Bonchev–Trinajstić information content (AvgIpc) is 3.26. The van der Waals surface area contributed by atoms with Gasteiger partial charge < -0.3 is 19.5 Å². The zero-order valence-corrected chi connectivity index (χ0v) is 20.4. The van der Waals surface area contributed by atoms with Crippen molar-refractivity contribution >= 4 is 40.7 Å². The first-order chi connectivity index (χ1) is 16.0. The summed E-state index contributed by atoms with van der Waals surface area (Å²) in [5, 5.41) is 2.88. The van der Waals surface area contributed by atoms with Gasteiger partial charge in [-0.05, 0) is 48.9 Å². The highest BCUT2D eigenvalue weighted by molar-refractivity contribution is 7.98. The molecule has 1 N–H and O–H groups in total. The number of pyridine rings is 1. The number of carbonyl (C=O) groups is 2. The minimum Gasteiger partial charge on any atom is -0.493 e. The number of ether oxygens (including phenoxy) is 3. The van der Waals surface area contributed by atoms with Gasteiger partial charge in [0.1, 0.15) is 4.88 Å². The normalized spacial score (nSPS) is 10.5. The summed E-state index contributed by atoms with van der Waals surface area (Å²) in [5.74, 6) is 1.95. The number of thioether (sulfide) groups is 1. The van der Waals surface area contributed by atoms with Crippen molar-refractivity contribution in [2.45, 2.75) is 19.1 Å². The lowest BCUT2D eigenvalue weighted by Crippen LogP contribution is -2.14. The van der Waals surface area contributed by atoms with Gasteiger partial charge in [0.15, 0.2) is 11.5 Å². The number of hydrogen-bond acceptors (Lipinski definition) is 8. The summed E-state index contributed by atoms with van der Waals surface area (Å²) in [6, 6.07) is 13.1. The van der Waals surface area contributed by atoms with Crippen LogP contribution in [0, 0.1) is 0 Å². The molecule has 7 nitrogen and oxygen atoms in total. The highest BCUT2D eigenvalue weighted by Gasteiger charge is 2.20. The molecule has 0 bridgehead atoms. The van der Waals surface area contributed by atoms with Crippen LogP contribution in [0.3, 0.4) is 0 Å². The van der Waals surface area contributed by atoms with Crippen molar-refractivity contribution in [3.8, 4) is 21.9 Å². The van der Waals surface area contributed by atoms with E-state index in [1.807, 2.05) is 30.3 Å². The number of nitrogens with zero attached hydrogens (tertiary/aromatic N) is 1. The van der Waals surface area contributed by atoms with E-state index in [4.69, 9.17) is 14.2 Å². The van der Waals surface area contributed by atoms with E-state index in [0.29, 0.717) is 34.2 Å². The smallest absolute Gasteiger partial charge is 0.350 e. The first kappa shape index (κ1) is 24.6. The molecule has 0 radical (unpaired) electrons. The number of carbonyl (C=O) groups excluding carboxylic acids is 2. The van der Waals surface area contributed by atoms with Crippen LogP contribution in [-0.4, -0.2) is 43.4 Å². The predicted molar refractivity (Wildman–Crippen MR) is 132 cm³/mol. The Morgan fingerprint density at radius 2 is 1.91 bits per heavy atom. The summed E-state index contributed by atoms with van der Waals surface area (Å²) in [5.41, 5.74) is 2.27. The van der Waals surface area contributed by atoms with Gasteiger partial charge >= 0.3 is 5.97 Å². The third kappa shape index (κ3) is 6.72. The second-order valence-electron chi connectivity index (χ2n) is 6.82. The number of nitrogens with one attached hydrogen (secondary N) is 1. The molecule has 1 aromatic carbocycles. The van der Waals surface area contributed by atoms with Crippen LogP contribution < -0.4 is 14.8 Å². The molecule has 0 spiro atoms. The molecule has 0 aliphatic heterocycles. The van der Waals surface area contributed by atoms with E-state index in [1.165, 1.54) is 11.3 Å². The van der Waals surface area contributed by atoms with Crippen LogP contribution in [0.5, 0.6) is 11.5 Å². The molecule has 174 valence electrons. The van der Waals surface area contributed by atoms with Gasteiger partial charge in [-0.1, -0.05) is 6.07 Å². The average molecular weight is 487 g/mol. The van der Waals surface area contributed by atoms with Crippen molar-refractivity contribution in [2.24, 2.45) is 0 Å². The van der Waals surface area contributed by atoms with E-state index in [1.54, 1.807) is 51.2 Å². The molecular weight excluding hydrogens is 460 g/mol. The fourth-order valence-corrected chi connectivity index (χ4v) is 4.86. The maximum Gasteiger partial charge on any atom is 0.350 e. The van der Waals surface area contributed by atoms with Crippen LogP contribution >= 0.6 is 23.1 Å². The monoisotopic (exact) mass is 486 g/mol. The fraction of sp³-hybridized carbons (Fsp3) is 0.292. The first-order valence-corrected chi connectivity index (χ1v) is 12.3. The number of thiophene rings is 1. The molecule has 0 aliphatic carbocycles. The minimum absolute atomic E-state index is 0.161. The molecule has 0 atom stereocenters. The van der Waals surface area contributed by atoms with Crippen LogP contribution in [-0.2, 0) is 15.3 Å². The van der Waals surface area contributed by atoms with Crippen molar-refractivity contribution in [3.63, 3.8) is 0 Å². The molecule has 33 heavy (non-hydrogen) atoms. The molecule has 3 aromatic rings. The number of aromatic nitrogens is 1. The number of esters is 1. The molecule has 0 saturated heterocycles. The summed E-state index contributed by atoms with van der Waals surface area (Å²) in [7, 11) is 3.14. The summed E-state index contributed by atoms with van der Waals surface area (Å²) < 4.78 is 15.9. The minimum atomic E-state index is -0.464. The highest BCUT2D eigenvalue weighted by atomic mass is 32.2. The summed E-state index contributed by atoms with van der Waals surface area (Å²) in [6.07, 6.45) is 2.08. The summed E-state index contributed by atoms with van der Waals surface area (Å²) >= 11 is 2.90. The van der Waals surface area contributed by atoms with Gasteiger partial charge in [0, 0.05) is 29.0 Å². The molecule has 0 unspecified atom stereocenters. The van der Waals surface area contributed by atoms with Gasteiger partial charge in [-0.3, -0.25) is 9.78 Å². The number of hydrogen-bond donors (Lipinski definition) is 1. The number of methoxy groups -OCH3 is 2. The van der Waals surface area contributed by atoms with Gasteiger partial charge in [-0.2, -0.15) is 11.8 Å². The standard InChI is InChI=1S/C24H26N2O5S2/c1-4-31-24(28)23-18(26-22(27)10-12-32-15-17-7-5-6-11-25-17)14-21(33-23)16-8-9-19(29-2)20(13-16)30-3/h5-9,11,13-14H,4,10,12,15H2,1-3H3,(H,26,27). The van der Waals surface area contributed by atoms with Crippen LogP contribution in [0.25, 0.3) is 10.4 Å². The fourth-order valence-electron chi connectivity index (χ4n) is 3.00. The third-order valence-electron chi connectivity index (χ3n) is 4.58. The van der Waals surface area contributed by atoms with Gasteiger partial charge in [-0.25, -0.2) is 4.79 Å². The number of benzene rings is 1. The van der Waals surface area contributed by atoms with Crippen LogP contribution in [0.1, 0.15) is 28.7 Å². The van der Waals surface area contributed by atoms with Gasteiger partial charge in [-0.15, -0.1) is 11.3 Å². The molecule has 3 rings (SSSR count). The van der Waals surface area contributed by atoms with Crippen molar-refractivity contribution in [1.29, 1.82) is 0 Å². The third-order valence-corrected chi connectivity index (χ3v) is 6.74. The Morgan fingerprint density at radius 1 is 1.09 bits per heavy atom. The lowest BCUT2D eigenvalue weighted by atomic mass is 10.1. The van der Waals surface area contributed by atoms with E-state index in [0.717, 1.165) is 21.9 Å². The van der Waals surface area contributed by atoms with Crippen LogP contribution in [0.15, 0.2) is 48.7 Å². The number of anilines is 1. The van der Waals surface area contributed by atoms with Crippen LogP contribution in [0.4, 0.5) is 5.69 Å². The van der Waals surface area contributed by atoms with Gasteiger partial charge in [0.2, 0.25) is 5.91 Å². The first-order valence-electron chi connectivity index (χ1n) is 10.4. The maximum atomic E-state index is 12.6. The quantitative estimate of drug-likeness (QED) is 0.292. The van der Waals surface area contributed by atoms with E-state index < -0.39 is 5.97 Å². The molecule has 1 amide bonds. The van der Waals surface area contributed by atoms with Crippen LogP contribution in [0.2, 0.25) is 0 Å². The molecule has 0 aliphatic rings. The summed E-state index contributed by atoms with van der Waals surface area (Å²) in [6.45, 7) is 2.00. The SMILES string of the molecule is CCOC(=O)c1sc(-c2ccc(OC)c(OC)c2)cc1NC(=O)CCSCc1ccccn1. The lowest BCUT2D eigenvalue weighted by molar-refractivity contribution is -0.115. The van der Waals surface area contributed by atoms with Crippen molar-refractivity contribution in [2.75, 3.05) is 31.9 Å². The molecular formula is C24H26N2O5S2. The van der Waals surface area contributed by atoms with Crippen molar-refractivity contribution < 1.29 is 23.8 Å². The Bertz CT molecular complexity index is 1090. The molecule has 9 heteroatoms. The maximum absolute atomic E-state index is 12.6. The Hall–Kier alpha value is -3.04. The highest BCUT2D eigenvalue weighted by Crippen LogP contribution is 2.39. The number of amides is 1. The summed E-state index contributed by atoms with van der Waals surface area (Å²) in [4.78, 5) is 30.5. The second kappa shape index (κ2) is 12.3. The second-order valence-corrected chi connectivity index (χ2v) is 8.97. The van der Waals surface area contributed by atoms with E-state index in [9.17, 15) is 9.59 Å². The molecule has 2 aromatic heterocycles. The van der Waals surface area contributed by atoms with Gasteiger partial charge in [0.05, 0.1) is 32.2 Å². The Morgan fingerprint density at radius 3 is 2.61 bits per heavy atom. The Kier molecular flexibility index (Phi) is 9.14. The predicted octanol–water partition coefficient (Wildman–Crippen LogP) is 5.27. The zero-order chi connectivity index (χ0) is 23.6. The number of rotatable bonds is 11. The Labute approximate surface area is 201 Å². The largest absolute Gasteiger partial charge is 0.493 e.